The van der Waals surface area contributed by atoms with Gasteiger partial charge in [-0.05, 0) is 48.9 Å². The fraction of sp³-hybridized carbons (Fsp3) is 0.130. The van der Waals surface area contributed by atoms with Gasteiger partial charge in [-0.2, -0.15) is 18.3 Å². The minimum Gasteiger partial charge on any atom is -0.469 e. The van der Waals surface area contributed by atoms with Gasteiger partial charge in [-0.15, -0.1) is 0 Å². The third-order valence-corrected chi connectivity index (χ3v) is 5.35. The standard InChI is InChI=1S/C23H15F4N3O2/c24-17-3-1-2-4-18(17)28-22(31)13-5-7-14(8-6-13)30-20-15-11-12-32-19(15)10-9-16(20)21(29-30)23(25,26)27/h1-8,11-12H,9-10H2,(H,28,31). The van der Waals surface area contributed by atoms with E-state index in [2.05, 4.69) is 10.4 Å². The zero-order valence-corrected chi connectivity index (χ0v) is 16.4. The predicted molar refractivity (Wildman–Crippen MR) is 108 cm³/mol. The highest BCUT2D eigenvalue weighted by atomic mass is 19.4. The van der Waals surface area contributed by atoms with Crippen LogP contribution in [0.5, 0.6) is 0 Å². The van der Waals surface area contributed by atoms with Crippen LogP contribution in [0.3, 0.4) is 0 Å². The van der Waals surface area contributed by atoms with Crippen molar-refractivity contribution in [1.82, 2.24) is 9.78 Å². The molecular formula is C23H15F4N3O2. The molecule has 2 aromatic carbocycles. The van der Waals surface area contributed by atoms with Gasteiger partial charge in [0.25, 0.3) is 5.91 Å². The van der Waals surface area contributed by atoms with Crippen molar-refractivity contribution in [2.24, 2.45) is 0 Å². The highest BCUT2D eigenvalue weighted by molar-refractivity contribution is 6.04. The van der Waals surface area contributed by atoms with Gasteiger partial charge < -0.3 is 9.73 Å². The molecule has 0 aliphatic heterocycles. The van der Waals surface area contributed by atoms with E-state index in [9.17, 15) is 22.4 Å². The number of amides is 1. The van der Waals surface area contributed by atoms with E-state index in [1.165, 1.54) is 53.4 Å². The first-order valence-electron chi connectivity index (χ1n) is 9.75. The number of aromatic nitrogens is 2. The van der Waals surface area contributed by atoms with Crippen LogP contribution in [-0.4, -0.2) is 15.7 Å². The van der Waals surface area contributed by atoms with Gasteiger partial charge in [-0.1, -0.05) is 12.1 Å². The van der Waals surface area contributed by atoms with E-state index < -0.39 is 23.6 Å². The van der Waals surface area contributed by atoms with Gasteiger partial charge in [-0.3, -0.25) is 4.79 Å². The number of anilines is 1. The van der Waals surface area contributed by atoms with E-state index in [1.807, 2.05) is 0 Å². The summed E-state index contributed by atoms with van der Waals surface area (Å²) >= 11 is 0. The molecular weight excluding hydrogens is 426 g/mol. The van der Waals surface area contributed by atoms with Crippen molar-refractivity contribution in [1.29, 1.82) is 0 Å². The Bertz CT molecular complexity index is 1320. The maximum absolute atomic E-state index is 13.8. The summed E-state index contributed by atoms with van der Waals surface area (Å²) < 4.78 is 61.3. The Labute approximate surface area is 179 Å². The Morgan fingerprint density at radius 1 is 1.03 bits per heavy atom. The average molecular weight is 441 g/mol. The fourth-order valence-electron chi connectivity index (χ4n) is 3.87. The van der Waals surface area contributed by atoms with Crippen molar-refractivity contribution in [3.63, 3.8) is 0 Å². The van der Waals surface area contributed by atoms with E-state index in [4.69, 9.17) is 4.42 Å². The maximum Gasteiger partial charge on any atom is 0.435 e. The summed E-state index contributed by atoms with van der Waals surface area (Å²) in [5, 5.41) is 6.34. The molecule has 1 amide bonds. The first-order chi connectivity index (χ1) is 15.3. The number of nitrogens with one attached hydrogen (secondary N) is 1. The number of fused-ring (bicyclic) bond motifs is 3. The molecule has 9 heteroatoms. The Kier molecular flexibility index (Phi) is 4.61. The maximum atomic E-state index is 13.8. The van der Waals surface area contributed by atoms with Crippen LogP contribution in [0, 0.1) is 5.82 Å². The molecule has 5 rings (SSSR count). The molecule has 32 heavy (non-hydrogen) atoms. The molecule has 0 fully saturated rings. The van der Waals surface area contributed by atoms with Gasteiger partial charge in [0.1, 0.15) is 11.6 Å². The number of para-hydroxylation sites is 1. The summed E-state index contributed by atoms with van der Waals surface area (Å²) in [4.78, 5) is 12.4. The van der Waals surface area contributed by atoms with Crippen LogP contribution >= 0.6 is 0 Å². The van der Waals surface area contributed by atoms with Crippen LogP contribution in [0.25, 0.3) is 16.9 Å². The molecule has 0 unspecified atom stereocenters. The molecule has 0 bridgehead atoms. The number of rotatable bonds is 3. The van der Waals surface area contributed by atoms with Gasteiger partial charge in [0.05, 0.1) is 23.3 Å². The van der Waals surface area contributed by atoms with Crippen molar-refractivity contribution in [3.05, 3.63) is 89.3 Å². The number of benzene rings is 2. The summed E-state index contributed by atoms with van der Waals surface area (Å²) in [6.45, 7) is 0. The van der Waals surface area contributed by atoms with E-state index in [-0.39, 0.29) is 23.2 Å². The summed E-state index contributed by atoms with van der Waals surface area (Å²) in [5.41, 5.74) is 0.691. The summed E-state index contributed by atoms with van der Waals surface area (Å²) in [5.74, 6) is -0.512. The number of hydrogen-bond donors (Lipinski definition) is 1. The zero-order valence-electron chi connectivity index (χ0n) is 16.4. The number of aryl methyl sites for hydroxylation is 1. The second-order valence-electron chi connectivity index (χ2n) is 7.32. The number of carbonyl (C=O) groups excluding carboxylic acids is 1. The van der Waals surface area contributed by atoms with Gasteiger partial charge in [0, 0.05) is 23.1 Å². The number of alkyl halides is 3. The van der Waals surface area contributed by atoms with Crippen LogP contribution < -0.4 is 5.32 Å². The quantitative estimate of drug-likeness (QED) is 0.419. The molecule has 0 saturated heterocycles. The Morgan fingerprint density at radius 2 is 1.78 bits per heavy atom. The monoisotopic (exact) mass is 441 g/mol. The highest BCUT2D eigenvalue weighted by Crippen LogP contribution is 2.42. The zero-order chi connectivity index (χ0) is 22.5. The second-order valence-corrected chi connectivity index (χ2v) is 7.32. The number of carbonyl (C=O) groups is 1. The van der Waals surface area contributed by atoms with Crippen molar-refractivity contribution in [2.75, 3.05) is 5.32 Å². The lowest BCUT2D eigenvalue weighted by Gasteiger charge is -2.15. The van der Waals surface area contributed by atoms with E-state index in [1.54, 1.807) is 12.1 Å². The molecule has 162 valence electrons. The lowest BCUT2D eigenvalue weighted by Crippen LogP contribution is -2.13. The third-order valence-electron chi connectivity index (χ3n) is 5.35. The molecule has 0 spiro atoms. The number of nitrogens with zero attached hydrogens (tertiary/aromatic N) is 2. The molecule has 1 aliphatic rings. The van der Waals surface area contributed by atoms with Crippen molar-refractivity contribution < 1.29 is 26.8 Å². The first-order valence-corrected chi connectivity index (χ1v) is 9.75. The topological polar surface area (TPSA) is 60.1 Å². The Morgan fingerprint density at radius 3 is 2.50 bits per heavy atom. The van der Waals surface area contributed by atoms with Gasteiger partial charge >= 0.3 is 6.18 Å². The molecule has 0 atom stereocenters. The molecule has 2 aromatic heterocycles. The minimum absolute atomic E-state index is 0.0324. The smallest absolute Gasteiger partial charge is 0.435 e. The SMILES string of the molecule is O=C(Nc1ccccc1F)c1ccc(-n2nc(C(F)(F)F)c3c2-c2ccoc2CC3)cc1. The Hall–Kier alpha value is -3.88. The lowest BCUT2D eigenvalue weighted by molar-refractivity contribution is -0.142. The van der Waals surface area contributed by atoms with Crippen molar-refractivity contribution in [2.45, 2.75) is 19.0 Å². The van der Waals surface area contributed by atoms with Crippen LogP contribution in [0.15, 0.2) is 65.3 Å². The molecule has 2 heterocycles. The molecule has 0 radical (unpaired) electrons. The third kappa shape index (κ3) is 3.35. The van der Waals surface area contributed by atoms with Crippen LogP contribution in [0.1, 0.15) is 27.4 Å². The van der Waals surface area contributed by atoms with Gasteiger partial charge in [-0.25, -0.2) is 9.07 Å². The van der Waals surface area contributed by atoms with E-state index >= 15 is 0 Å². The van der Waals surface area contributed by atoms with Crippen molar-refractivity contribution in [3.8, 4) is 16.9 Å². The van der Waals surface area contributed by atoms with Crippen LogP contribution in [0.2, 0.25) is 0 Å². The largest absolute Gasteiger partial charge is 0.469 e. The summed E-state index contributed by atoms with van der Waals surface area (Å²) in [6.07, 6.45) is -2.64. The first kappa shape index (κ1) is 20.0. The fourth-order valence-corrected chi connectivity index (χ4v) is 3.87. The van der Waals surface area contributed by atoms with Crippen LogP contribution in [0.4, 0.5) is 23.2 Å². The van der Waals surface area contributed by atoms with E-state index in [0.29, 0.717) is 29.1 Å². The lowest BCUT2D eigenvalue weighted by atomic mass is 9.94. The van der Waals surface area contributed by atoms with Crippen molar-refractivity contribution >= 4 is 11.6 Å². The van der Waals surface area contributed by atoms with Crippen LogP contribution in [-0.2, 0) is 19.0 Å². The van der Waals surface area contributed by atoms with E-state index in [0.717, 1.165) is 0 Å². The molecule has 5 nitrogen and oxygen atoms in total. The average Bonchev–Trinajstić information content (AvgIpc) is 3.39. The van der Waals surface area contributed by atoms with Gasteiger partial charge in [0.15, 0.2) is 5.69 Å². The predicted octanol–water partition coefficient (Wildman–Crippen LogP) is 5.64. The molecule has 0 saturated carbocycles. The molecule has 1 aliphatic carbocycles. The normalized spacial score (nSPS) is 12.9. The second kappa shape index (κ2) is 7.37. The highest BCUT2D eigenvalue weighted by Gasteiger charge is 2.41. The number of hydrogen-bond acceptors (Lipinski definition) is 3. The Balaban J connectivity index is 1.52. The summed E-state index contributed by atoms with van der Waals surface area (Å²) in [7, 11) is 0. The summed E-state index contributed by atoms with van der Waals surface area (Å²) in [6, 6.07) is 13.3. The molecule has 1 N–H and O–H groups in total. The molecule has 4 aromatic rings. The number of halogens is 4. The number of furan rings is 1. The minimum atomic E-state index is -4.60. The van der Waals surface area contributed by atoms with Gasteiger partial charge in [0.2, 0.25) is 0 Å².